The van der Waals surface area contributed by atoms with E-state index in [4.69, 9.17) is 0 Å². The van der Waals surface area contributed by atoms with Crippen molar-refractivity contribution in [3.05, 3.63) is 202 Å². The zero-order valence-electron chi connectivity index (χ0n) is 37.9. The van der Waals surface area contributed by atoms with Gasteiger partial charge in [0, 0.05) is 0 Å². The van der Waals surface area contributed by atoms with Crippen LogP contribution in [0.3, 0.4) is 0 Å². The summed E-state index contributed by atoms with van der Waals surface area (Å²) in [6.45, 7) is 26.7. The number of benzene rings is 6. The number of allylic oxidation sites excluding steroid dienone is 4. The van der Waals surface area contributed by atoms with Gasteiger partial charge in [-0.05, 0) is 39.5 Å². The summed E-state index contributed by atoms with van der Waals surface area (Å²) in [4.78, 5) is 0. The number of hydrogen-bond acceptors (Lipinski definition) is 0. The molecule has 2 aliphatic rings. The van der Waals surface area contributed by atoms with Gasteiger partial charge in [0.2, 0.25) is 0 Å². The first-order valence-electron chi connectivity index (χ1n) is 20.4. The van der Waals surface area contributed by atoms with Crippen LogP contribution >= 0.6 is 24.8 Å². The third-order valence-electron chi connectivity index (χ3n) is 10.8. The minimum atomic E-state index is 0. The minimum absolute atomic E-state index is 0. The van der Waals surface area contributed by atoms with E-state index in [0.717, 1.165) is 6.42 Å². The Bertz CT molecular complexity index is 2150. The van der Waals surface area contributed by atoms with Gasteiger partial charge < -0.3 is 0 Å². The Balaban J connectivity index is 0.000000372. The number of fused-ring (bicyclic) bond motifs is 3. The van der Waals surface area contributed by atoms with Gasteiger partial charge in [0.05, 0.1) is 0 Å². The van der Waals surface area contributed by atoms with Gasteiger partial charge in [-0.25, -0.2) is 5.57 Å². The zero-order valence-corrected chi connectivity index (χ0v) is 42.0. The van der Waals surface area contributed by atoms with Crippen LogP contribution in [0.1, 0.15) is 103 Å². The van der Waals surface area contributed by atoms with E-state index >= 15 is 0 Å². The summed E-state index contributed by atoms with van der Waals surface area (Å²) in [5, 5.41) is 0. The van der Waals surface area contributed by atoms with Crippen LogP contribution in [0.5, 0.6) is 0 Å². The summed E-state index contributed by atoms with van der Waals surface area (Å²) >= 11 is 1.30. The van der Waals surface area contributed by atoms with E-state index in [1.165, 1.54) is 108 Å². The van der Waals surface area contributed by atoms with Crippen LogP contribution < -0.4 is 0 Å². The van der Waals surface area contributed by atoms with Crippen molar-refractivity contribution in [2.45, 2.75) is 100 Å². The summed E-state index contributed by atoms with van der Waals surface area (Å²) < 4.78 is 3.34. The third-order valence-corrected chi connectivity index (χ3v) is 10.8. The van der Waals surface area contributed by atoms with Crippen molar-refractivity contribution in [3.63, 3.8) is 0 Å². The second kappa shape index (κ2) is 23.9. The summed E-state index contributed by atoms with van der Waals surface area (Å²) in [5.41, 5.74) is 20.3. The van der Waals surface area contributed by atoms with E-state index in [0.29, 0.717) is 5.92 Å². The van der Waals surface area contributed by atoms with Crippen molar-refractivity contribution in [2.24, 2.45) is 5.92 Å². The number of aryl methyl sites for hydroxylation is 2. The molecule has 0 aliphatic heterocycles. The molecule has 0 bridgehead atoms. The van der Waals surface area contributed by atoms with Crippen LogP contribution in [0, 0.1) is 44.0 Å². The molecule has 0 radical (unpaired) electrons. The molecule has 8 rings (SSSR count). The first kappa shape index (κ1) is 52.3. The molecule has 0 saturated heterocycles. The van der Waals surface area contributed by atoms with E-state index < -0.39 is 0 Å². The molecular weight excluding hydrogens is 847 g/mol. The predicted molar refractivity (Wildman–Crippen MR) is 263 cm³/mol. The standard InChI is InChI=1S/C33H33.C9H13.2C7H7.CH2.2ClH.Zr/c1-32(2,3)30-20-26-24(18-28(30)22-13-9-7-10-14-22)17-25-19-29(23-15-11-8-12-16-23)31(21-27(25)26)33(4,5)6;1-6-5-7(2)9(4)8(6)3;2*1-7-5-3-2-4-6-7;;;;/h7-16,18,20-21H,17H2,1-6H3;6H,1-4H3;2*3-6H,1H3;1H2;2*1H;/q4*-1;;;;. The molecule has 1 atom stereocenters. The maximum atomic E-state index is 3.88. The predicted octanol–water partition coefficient (Wildman–Crippen LogP) is 16.1. The molecule has 0 nitrogen and oxygen atoms in total. The molecule has 6 aromatic carbocycles. The van der Waals surface area contributed by atoms with Crippen LogP contribution in [0.15, 0.2) is 144 Å². The van der Waals surface area contributed by atoms with Crippen LogP contribution in [-0.2, 0) is 41.5 Å². The molecule has 0 saturated carbocycles. The fourth-order valence-electron chi connectivity index (χ4n) is 7.20. The molecule has 314 valence electrons. The van der Waals surface area contributed by atoms with Crippen molar-refractivity contribution in [2.75, 3.05) is 0 Å². The molecule has 0 heterocycles. The summed E-state index contributed by atoms with van der Waals surface area (Å²) in [6.07, 6.45) is 4.30. The van der Waals surface area contributed by atoms with Crippen molar-refractivity contribution < 1.29 is 24.2 Å². The quantitative estimate of drug-likeness (QED) is 0.152. The van der Waals surface area contributed by atoms with Gasteiger partial charge in [-0.2, -0.15) is 82.9 Å². The van der Waals surface area contributed by atoms with Crippen LogP contribution in [0.4, 0.5) is 0 Å². The van der Waals surface area contributed by atoms with E-state index in [-0.39, 0.29) is 35.6 Å². The Labute approximate surface area is 391 Å². The van der Waals surface area contributed by atoms with E-state index in [1.807, 2.05) is 48.5 Å². The Hall–Kier alpha value is -3.87. The second-order valence-electron chi connectivity index (χ2n) is 17.4. The molecule has 6 aromatic rings. The SMILES string of the molecule is CC(C)(C)c1cc2c([c-]c1-c1ccccc1)Cc1cc(-c3ccccc3)c(C(C)(C)C)cc1-2.CC1=[C-]C(C)C(C)=C1C.Cc1cc[c-]cc1.Cc1cc[c-]cc1.Cl.Cl.[CH2]=[Zr]. The van der Waals surface area contributed by atoms with Gasteiger partial charge in [-0.3, -0.25) is 6.08 Å². The van der Waals surface area contributed by atoms with Gasteiger partial charge in [0.15, 0.2) is 0 Å². The van der Waals surface area contributed by atoms with Crippen LogP contribution in [-0.4, -0.2) is 4.21 Å². The Morgan fingerprint density at radius 1 is 0.567 bits per heavy atom. The summed E-state index contributed by atoms with van der Waals surface area (Å²) in [5.74, 6) is 0.560. The Kier molecular flexibility index (Phi) is 20.9. The van der Waals surface area contributed by atoms with Crippen molar-refractivity contribution in [1.29, 1.82) is 0 Å². The first-order valence-corrected chi connectivity index (χ1v) is 22.1. The normalized spacial score (nSPS) is 13.3. The molecular formula is C57H64Cl2Zr-4. The first-order chi connectivity index (χ1) is 27.5. The van der Waals surface area contributed by atoms with Gasteiger partial charge in [0.25, 0.3) is 0 Å². The van der Waals surface area contributed by atoms with Crippen LogP contribution in [0.2, 0.25) is 0 Å². The molecule has 60 heavy (non-hydrogen) atoms. The van der Waals surface area contributed by atoms with Gasteiger partial charge in [-0.15, -0.1) is 60.6 Å². The monoisotopic (exact) mass is 908 g/mol. The van der Waals surface area contributed by atoms with Gasteiger partial charge in [-0.1, -0.05) is 172 Å². The average molecular weight is 911 g/mol. The third kappa shape index (κ3) is 14.1. The Morgan fingerprint density at radius 2 is 1.02 bits per heavy atom. The fraction of sp³-hybridized carbons (Fsp3) is 0.281. The van der Waals surface area contributed by atoms with Crippen molar-refractivity contribution >= 4 is 29.0 Å². The van der Waals surface area contributed by atoms with E-state index in [1.54, 1.807) is 0 Å². The van der Waals surface area contributed by atoms with Crippen LogP contribution in [0.25, 0.3) is 33.4 Å². The summed E-state index contributed by atoms with van der Waals surface area (Å²) in [7, 11) is 0. The average Bonchev–Trinajstić information content (AvgIpc) is 3.68. The number of rotatable bonds is 2. The molecule has 0 N–H and O–H groups in total. The number of hydrogen-bond donors (Lipinski definition) is 0. The van der Waals surface area contributed by atoms with E-state index in [9.17, 15) is 0 Å². The molecule has 0 fully saturated rings. The molecule has 0 spiro atoms. The fourth-order valence-corrected chi connectivity index (χ4v) is 7.20. The van der Waals surface area contributed by atoms with Crippen molar-refractivity contribution in [3.8, 4) is 33.4 Å². The van der Waals surface area contributed by atoms with Crippen molar-refractivity contribution in [1.82, 2.24) is 0 Å². The molecule has 1 unspecified atom stereocenters. The van der Waals surface area contributed by atoms with Gasteiger partial charge >= 0.3 is 28.4 Å². The molecule has 0 aromatic heterocycles. The molecule has 0 amide bonds. The van der Waals surface area contributed by atoms with Gasteiger partial charge in [0.1, 0.15) is 0 Å². The topological polar surface area (TPSA) is 0 Å². The second-order valence-corrected chi connectivity index (χ2v) is 17.4. The Morgan fingerprint density at radius 3 is 1.38 bits per heavy atom. The number of halogens is 2. The molecule has 3 heteroatoms. The maximum absolute atomic E-state index is 3.88. The van der Waals surface area contributed by atoms with E-state index in [2.05, 4.69) is 190 Å². The zero-order chi connectivity index (χ0) is 42.6. The molecule has 2 aliphatic carbocycles. The summed E-state index contributed by atoms with van der Waals surface area (Å²) in [6, 6.07) is 54.5.